The second-order valence-electron chi connectivity index (χ2n) is 6.09. The van der Waals surface area contributed by atoms with Crippen molar-refractivity contribution < 1.29 is 27.9 Å². The molecule has 0 unspecified atom stereocenters. The van der Waals surface area contributed by atoms with E-state index in [0.29, 0.717) is 5.56 Å². The van der Waals surface area contributed by atoms with Crippen LogP contribution in [0.3, 0.4) is 0 Å². The Labute approximate surface area is 154 Å². The number of alkyl halides is 3. The summed E-state index contributed by atoms with van der Waals surface area (Å²) < 4.78 is 37.8. The van der Waals surface area contributed by atoms with Crippen LogP contribution in [0.5, 0.6) is 0 Å². The standard InChI is InChI=1S/C19H19F3N2O3/c20-19(21,22)14-8-6-13(7-9-14)11-16(18(26)27)24-17(25)15(23)10-12-4-2-1-3-5-12/h1-9,15-16H,10-11,23H2,(H,24,25)(H,26,27)/t15-,16-/m0/s1. The Kier molecular flexibility index (Phi) is 6.57. The maximum atomic E-state index is 12.6. The number of carboxylic acid groups (broad SMARTS) is 1. The summed E-state index contributed by atoms with van der Waals surface area (Å²) in [4.78, 5) is 23.6. The highest BCUT2D eigenvalue weighted by molar-refractivity contribution is 5.87. The van der Waals surface area contributed by atoms with Gasteiger partial charge in [-0.25, -0.2) is 4.79 Å². The third-order valence-corrected chi connectivity index (χ3v) is 3.97. The average molecular weight is 380 g/mol. The van der Waals surface area contributed by atoms with E-state index in [0.717, 1.165) is 17.7 Å². The highest BCUT2D eigenvalue weighted by Gasteiger charge is 2.30. The van der Waals surface area contributed by atoms with E-state index in [1.54, 1.807) is 24.3 Å². The van der Waals surface area contributed by atoms with Gasteiger partial charge in [-0.15, -0.1) is 0 Å². The fourth-order valence-corrected chi connectivity index (χ4v) is 2.51. The zero-order valence-corrected chi connectivity index (χ0v) is 14.2. The van der Waals surface area contributed by atoms with Crippen LogP contribution in [0.1, 0.15) is 16.7 Å². The van der Waals surface area contributed by atoms with Gasteiger partial charge >= 0.3 is 12.1 Å². The van der Waals surface area contributed by atoms with Gasteiger partial charge in [0.2, 0.25) is 5.91 Å². The van der Waals surface area contributed by atoms with Gasteiger partial charge in [0.15, 0.2) is 0 Å². The molecule has 2 aromatic carbocycles. The minimum atomic E-state index is -4.47. The van der Waals surface area contributed by atoms with Gasteiger partial charge in [-0.2, -0.15) is 13.2 Å². The molecule has 2 aromatic rings. The van der Waals surface area contributed by atoms with Crippen LogP contribution in [0.15, 0.2) is 54.6 Å². The van der Waals surface area contributed by atoms with Crippen molar-refractivity contribution in [1.29, 1.82) is 0 Å². The normalized spacial score (nSPS) is 13.6. The Balaban J connectivity index is 2.00. The summed E-state index contributed by atoms with van der Waals surface area (Å²) in [5.74, 6) is -1.94. The first-order chi connectivity index (χ1) is 12.7. The van der Waals surface area contributed by atoms with E-state index in [1.807, 2.05) is 6.07 Å². The lowest BCUT2D eigenvalue weighted by Gasteiger charge is -2.18. The molecule has 144 valence electrons. The number of aliphatic carboxylic acids is 1. The van der Waals surface area contributed by atoms with Crippen molar-refractivity contribution in [3.63, 3.8) is 0 Å². The van der Waals surface area contributed by atoms with Crippen molar-refractivity contribution in [1.82, 2.24) is 5.32 Å². The van der Waals surface area contributed by atoms with E-state index in [1.165, 1.54) is 12.1 Å². The van der Waals surface area contributed by atoms with Crippen LogP contribution >= 0.6 is 0 Å². The van der Waals surface area contributed by atoms with Crippen LogP contribution in [0, 0.1) is 0 Å². The first-order valence-corrected chi connectivity index (χ1v) is 8.15. The second-order valence-corrected chi connectivity index (χ2v) is 6.09. The molecule has 27 heavy (non-hydrogen) atoms. The van der Waals surface area contributed by atoms with Crippen molar-refractivity contribution in [2.45, 2.75) is 31.1 Å². The Hall–Kier alpha value is -2.87. The molecule has 0 aliphatic heterocycles. The first kappa shape index (κ1) is 20.4. The van der Waals surface area contributed by atoms with Gasteiger partial charge in [-0.1, -0.05) is 42.5 Å². The maximum absolute atomic E-state index is 12.6. The summed E-state index contributed by atoms with van der Waals surface area (Å²) in [5.41, 5.74) is 6.18. The summed E-state index contributed by atoms with van der Waals surface area (Å²) >= 11 is 0. The van der Waals surface area contributed by atoms with E-state index in [9.17, 15) is 27.9 Å². The second kappa shape index (κ2) is 8.68. The molecule has 0 fully saturated rings. The minimum Gasteiger partial charge on any atom is -0.480 e. The lowest BCUT2D eigenvalue weighted by Crippen LogP contribution is -2.50. The number of benzene rings is 2. The zero-order chi connectivity index (χ0) is 20.0. The van der Waals surface area contributed by atoms with Gasteiger partial charge in [-0.05, 0) is 29.7 Å². The molecule has 8 heteroatoms. The van der Waals surface area contributed by atoms with E-state index in [2.05, 4.69) is 5.32 Å². The molecule has 0 saturated carbocycles. The molecule has 1 amide bonds. The van der Waals surface area contributed by atoms with Crippen LogP contribution in [0.25, 0.3) is 0 Å². The molecule has 4 N–H and O–H groups in total. The molecule has 0 aliphatic carbocycles. The van der Waals surface area contributed by atoms with Crippen LogP contribution in [0.4, 0.5) is 13.2 Å². The number of halogens is 3. The molecule has 0 spiro atoms. The summed E-state index contributed by atoms with van der Waals surface area (Å²) in [7, 11) is 0. The van der Waals surface area contributed by atoms with E-state index < -0.39 is 35.7 Å². The molecule has 0 aliphatic rings. The van der Waals surface area contributed by atoms with Crippen LogP contribution in [-0.2, 0) is 28.6 Å². The van der Waals surface area contributed by atoms with E-state index in [-0.39, 0.29) is 12.8 Å². The molecule has 2 atom stereocenters. The van der Waals surface area contributed by atoms with Crippen molar-refractivity contribution >= 4 is 11.9 Å². The summed E-state index contributed by atoms with van der Waals surface area (Å²) in [6, 6.07) is 10.9. The van der Waals surface area contributed by atoms with E-state index in [4.69, 9.17) is 5.73 Å². The lowest BCUT2D eigenvalue weighted by molar-refractivity contribution is -0.142. The lowest BCUT2D eigenvalue weighted by atomic mass is 10.0. The number of carboxylic acids is 1. The topological polar surface area (TPSA) is 92.4 Å². The van der Waals surface area contributed by atoms with Gasteiger partial charge in [-0.3, -0.25) is 4.79 Å². The van der Waals surface area contributed by atoms with Gasteiger partial charge in [0.05, 0.1) is 11.6 Å². The molecule has 0 heterocycles. The average Bonchev–Trinajstić information content (AvgIpc) is 2.61. The predicted octanol–water partition coefficient (Wildman–Crippen LogP) is 2.39. The Bertz CT molecular complexity index is 777. The highest BCUT2D eigenvalue weighted by atomic mass is 19.4. The Morgan fingerprint density at radius 3 is 2.04 bits per heavy atom. The Morgan fingerprint density at radius 2 is 1.52 bits per heavy atom. The third-order valence-electron chi connectivity index (χ3n) is 3.97. The smallest absolute Gasteiger partial charge is 0.416 e. The number of nitrogens with two attached hydrogens (primary N) is 1. The van der Waals surface area contributed by atoms with Gasteiger partial charge in [0, 0.05) is 6.42 Å². The van der Waals surface area contributed by atoms with Gasteiger partial charge in [0.1, 0.15) is 6.04 Å². The summed E-state index contributed by atoms with van der Waals surface area (Å²) in [5, 5.41) is 11.6. The molecular formula is C19H19F3N2O3. The monoisotopic (exact) mass is 380 g/mol. The minimum absolute atomic E-state index is 0.155. The van der Waals surface area contributed by atoms with Crippen molar-refractivity contribution in [2.75, 3.05) is 0 Å². The molecular weight excluding hydrogens is 361 g/mol. The largest absolute Gasteiger partial charge is 0.480 e. The Morgan fingerprint density at radius 1 is 0.963 bits per heavy atom. The number of nitrogens with one attached hydrogen (secondary N) is 1. The highest BCUT2D eigenvalue weighted by Crippen LogP contribution is 2.29. The zero-order valence-electron chi connectivity index (χ0n) is 14.2. The molecule has 2 rings (SSSR count). The van der Waals surface area contributed by atoms with Crippen LogP contribution in [0.2, 0.25) is 0 Å². The molecule has 0 aromatic heterocycles. The fourth-order valence-electron chi connectivity index (χ4n) is 2.51. The van der Waals surface area contributed by atoms with Crippen LogP contribution in [-0.4, -0.2) is 29.1 Å². The number of rotatable bonds is 7. The fraction of sp³-hybridized carbons (Fsp3) is 0.263. The quantitative estimate of drug-likeness (QED) is 0.688. The number of hydrogen-bond donors (Lipinski definition) is 3. The van der Waals surface area contributed by atoms with E-state index >= 15 is 0 Å². The number of carbonyl (C=O) groups is 2. The van der Waals surface area contributed by atoms with Gasteiger partial charge < -0.3 is 16.2 Å². The number of carbonyl (C=O) groups excluding carboxylic acids is 1. The molecule has 0 radical (unpaired) electrons. The molecule has 0 saturated heterocycles. The van der Waals surface area contributed by atoms with Gasteiger partial charge in [0.25, 0.3) is 0 Å². The summed E-state index contributed by atoms with van der Waals surface area (Å²) in [6.07, 6.45) is -4.39. The van der Waals surface area contributed by atoms with Crippen LogP contribution < -0.4 is 11.1 Å². The maximum Gasteiger partial charge on any atom is 0.416 e. The molecule has 5 nitrogen and oxygen atoms in total. The number of hydrogen-bond acceptors (Lipinski definition) is 3. The van der Waals surface area contributed by atoms with Crippen molar-refractivity contribution in [2.24, 2.45) is 5.73 Å². The summed E-state index contributed by atoms with van der Waals surface area (Å²) in [6.45, 7) is 0. The first-order valence-electron chi connectivity index (χ1n) is 8.15. The SMILES string of the molecule is N[C@@H](Cc1ccccc1)C(=O)N[C@@H](Cc1ccc(C(F)(F)F)cc1)C(=O)O. The van der Waals surface area contributed by atoms with Crippen molar-refractivity contribution in [3.8, 4) is 0 Å². The molecule has 0 bridgehead atoms. The number of amides is 1. The third kappa shape index (κ3) is 6.10. The van der Waals surface area contributed by atoms with Crippen molar-refractivity contribution in [3.05, 3.63) is 71.3 Å². The predicted molar refractivity (Wildman–Crippen MR) is 92.8 cm³/mol.